The zero-order valence-corrected chi connectivity index (χ0v) is 19.3. The second kappa shape index (κ2) is 10.8. The molecule has 0 spiro atoms. The number of phenols is 1. The minimum Gasteiger partial charge on any atom is -0.508 e. The molecule has 2 aromatic heterocycles. The number of rotatable bonds is 9. The topological polar surface area (TPSA) is 89.3 Å². The quantitative estimate of drug-likeness (QED) is 0.507. The van der Waals surface area contributed by atoms with E-state index in [-0.39, 0.29) is 0 Å². The number of nitrogens with two attached hydrogens (primary N) is 1. The summed E-state index contributed by atoms with van der Waals surface area (Å²) in [4.78, 5) is 13.5. The van der Waals surface area contributed by atoms with Gasteiger partial charge >= 0.3 is 0 Å². The van der Waals surface area contributed by atoms with Crippen LogP contribution < -0.4 is 16.4 Å². The van der Waals surface area contributed by atoms with Gasteiger partial charge in [0, 0.05) is 18.1 Å². The number of aryl methyl sites for hydroxylation is 2. The molecular weight excluding hydrogens is 398 g/mol. The molecule has 0 fully saturated rings. The number of nitrogens with zero attached hydrogens (tertiary/aromatic N) is 4. The van der Waals surface area contributed by atoms with Crippen LogP contribution in [-0.2, 0) is 6.42 Å². The molecule has 0 saturated heterocycles. The van der Waals surface area contributed by atoms with E-state index >= 15 is 0 Å². The Morgan fingerprint density at radius 3 is 2.50 bits per heavy atom. The zero-order chi connectivity index (χ0) is 23.1. The van der Waals surface area contributed by atoms with E-state index < -0.39 is 0 Å². The summed E-state index contributed by atoms with van der Waals surface area (Å²) in [6, 6.07) is 11.3. The lowest BCUT2D eigenvalue weighted by Gasteiger charge is -2.16. The molecule has 0 bridgehead atoms. The lowest BCUT2D eigenvalue weighted by atomic mass is 9.92. The van der Waals surface area contributed by atoms with Gasteiger partial charge in [0.1, 0.15) is 16.9 Å². The summed E-state index contributed by atoms with van der Waals surface area (Å²) in [5.74, 6) is 1.89. The molecule has 6 nitrogen and oxygen atoms in total. The average Bonchev–Trinajstić information content (AvgIpc) is 3.09. The number of imidazole rings is 1. The van der Waals surface area contributed by atoms with Gasteiger partial charge in [0.25, 0.3) is 0 Å². The second-order valence-corrected chi connectivity index (χ2v) is 8.18. The molecule has 168 valence electrons. The fourth-order valence-corrected chi connectivity index (χ4v) is 4.08. The van der Waals surface area contributed by atoms with Crippen molar-refractivity contribution in [2.45, 2.75) is 52.9 Å². The summed E-state index contributed by atoms with van der Waals surface area (Å²) in [5, 5.41) is 10.8. The SMILES string of the molecule is C=c1/c(=C(N)\N=C(/C)C(CCC)CCCc2ccc(O)cc2)nc(C)n1-c1ccncc1. The molecule has 1 unspecified atom stereocenters. The van der Waals surface area contributed by atoms with Crippen LogP contribution in [0.5, 0.6) is 5.75 Å². The van der Waals surface area contributed by atoms with Gasteiger partial charge in [0.2, 0.25) is 0 Å². The predicted octanol–water partition coefficient (Wildman–Crippen LogP) is 3.62. The molecule has 0 amide bonds. The fourth-order valence-electron chi connectivity index (χ4n) is 4.08. The minimum atomic E-state index is 0.304. The maximum Gasteiger partial charge on any atom is 0.151 e. The Morgan fingerprint density at radius 2 is 1.84 bits per heavy atom. The molecule has 3 aromatic rings. The van der Waals surface area contributed by atoms with E-state index in [1.54, 1.807) is 24.5 Å². The Bertz CT molecular complexity index is 1160. The lowest BCUT2D eigenvalue weighted by Crippen LogP contribution is -2.32. The van der Waals surface area contributed by atoms with E-state index in [1.165, 1.54) is 5.56 Å². The average molecular weight is 432 g/mol. The van der Waals surface area contributed by atoms with E-state index in [0.29, 0.717) is 22.8 Å². The highest BCUT2D eigenvalue weighted by molar-refractivity contribution is 5.87. The summed E-state index contributed by atoms with van der Waals surface area (Å²) < 4.78 is 1.97. The van der Waals surface area contributed by atoms with Crippen LogP contribution >= 0.6 is 0 Å². The Kier molecular flexibility index (Phi) is 7.82. The van der Waals surface area contributed by atoms with Crippen molar-refractivity contribution < 1.29 is 5.11 Å². The van der Waals surface area contributed by atoms with Gasteiger partial charge in [-0.1, -0.05) is 32.1 Å². The Balaban J connectivity index is 1.80. The molecule has 0 radical (unpaired) electrons. The van der Waals surface area contributed by atoms with Crippen LogP contribution in [0.2, 0.25) is 0 Å². The molecule has 3 N–H and O–H groups in total. The van der Waals surface area contributed by atoms with Crippen molar-refractivity contribution in [1.29, 1.82) is 0 Å². The Hall–Kier alpha value is -3.41. The molecule has 0 aliphatic rings. The Labute approximate surface area is 189 Å². The van der Waals surface area contributed by atoms with Crippen molar-refractivity contribution in [3.63, 3.8) is 0 Å². The molecule has 2 heterocycles. The third-order valence-electron chi connectivity index (χ3n) is 5.78. The highest BCUT2D eigenvalue weighted by Crippen LogP contribution is 2.19. The van der Waals surface area contributed by atoms with Crippen LogP contribution in [0.1, 0.15) is 50.9 Å². The highest BCUT2D eigenvalue weighted by Gasteiger charge is 2.13. The van der Waals surface area contributed by atoms with Crippen molar-refractivity contribution in [3.05, 3.63) is 70.9 Å². The van der Waals surface area contributed by atoms with Crippen molar-refractivity contribution in [2.24, 2.45) is 16.6 Å². The highest BCUT2D eigenvalue weighted by atomic mass is 16.3. The minimum absolute atomic E-state index is 0.304. The molecule has 3 rings (SSSR count). The normalized spacial score (nSPS) is 13.8. The predicted molar refractivity (Wildman–Crippen MR) is 131 cm³/mol. The summed E-state index contributed by atoms with van der Waals surface area (Å²) >= 11 is 0. The number of benzene rings is 1. The van der Waals surface area contributed by atoms with Crippen LogP contribution in [0.3, 0.4) is 0 Å². The molecule has 1 aromatic carbocycles. The van der Waals surface area contributed by atoms with Crippen LogP contribution in [-0.4, -0.2) is 25.4 Å². The molecule has 32 heavy (non-hydrogen) atoms. The summed E-state index contributed by atoms with van der Waals surface area (Å²) in [7, 11) is 0. The lowest BCUT2D eigenvalue weighted by molar-refractivity contribution is 0.475. The molecule has 0 saturated carbocycles. The first kappa shape index (κ1) is 23.3. The summed E-state index contributed by atoms with van der Waals surface area (Å²) in [6.45, 7) is 10.4. The smallest absolute Gasteiger partial charge is 0.151 e. The van der Waals surface area contributed by atoms with Crippen molar-refractivity contribution in [1.82, 2.24) is 14.5 Å². The first-order valence-electron chi connectivity index (χ1n) is 11.2. The van der Waals surface area contributed by atoms with Crippen molar-refractivity contribution in [3.8, 4) is 11.4 Å². The second-order valence-electron chi connectivity index (χ2n) is 8.18. The van der Waals surface area contributed by atoms with E-state index in [4.69, 9.17) is 10.7 Å². The first-order chi connectivity index (χ1) is 15.4. The van der Waals surface area contributed by atoms with Gasteiger partial charge in [0.05, 0.1) is 11.0 Å². The number of aromatic nitrogens is 3. The van der Waals surface area contributed by atoms with Crippen LogP contribution in [0.15, 0.2) is 53.8 Å². The van der Waals surface area contributed by atoms with Gasteiger partial charge in [-0.05, 0) is 75.3 Å². The van der Waals surface area contributed by atoms with E-state index in [9.17, 15) is 5.11 Å². The molecule has 1 atom stereocenters. The molecular formula is C26H33N5O. The van der Waals surface area contributed by atoms with Crippen LogP contribution in [0.25, 0.3) is 18.1 Å². The zero-order valence-electron chi connectivity index (χ0n) is 19.3. The number of aromatic hydroxyl groups is 1. The van der Waals surface area contributed by atoms with Gasteiger partial charge in [-0.2, -0.15) is 0 Å². The number of hydrogen-bond acceptors (Lipinski definition) is 5. The summed E-state index contributed by atoms with van der Waals surface area (Å²) in [6.07, 6.45) is 8.73. The third-order valence-corrected chi connectivity index (χ3v) is 5.78. The van der Waals surface area contributed by atoms with Crippen LogP contribution in [0, 0.1) is 12.8 Å². The maximum absolute atomic E-state index is 9.45. The number of aliphatic imine (C=N–C) groups is 1. The van der Waals surface area contributed by atoms with Crippen molar-refractivity contribution >= 4 is 18.1 Å². The summed E-state index contributed by atoms with van der Waals surface area (Å²) in [5.41, 5.74) is 9.62. The largest absolute Gasteiger partial charge is 0.508 e. The fraction of sp³-hybridized carbons (Fsp3) is 0.346. The standard InChI is InChI=1S/C26H33N5O/c1-5-7-22(9-6-8-21-10-12-24(32)13-11-21)18(2)29-26(27)25-19(3)31(20(4)30-25)23-14-16-28-17-15-23/h10-17,22,32H,3,5-9,27H2,1-2,4H3/b26-25+,29-18+. The maximum atomic E-state index is 9.45. The molecule has 6 heteroatoms. The third kappa shape index (κ3) is 5.63. The van der Waals surface area contributed by atoms with Gasteiger partial charge in [-0.3, -0.25) is 9.55 Å². The van der Waals surface area contributed by atoms with Gasteiger partial charge in [-0.25, -0.2) is 9.98 Å². The van der Waals surface area contributed by atoms with E-state index in [0.717, 1.165) is 54.7 Å². The van der Waals surface area contributed by atoms with Crippen LogP contribution in [0.4, 0.5) is 0 Å². The first-order valence-corrected chi connectivity index (χ1v) is 11.2. The number of pyridine rings is 1. The Morgan fingerprint density at radius 1 is 1.16 bits per heavy atom. The number of phenolic OH excluding ortho intramolecular Hbond substituents is 1. The van der Waals surface area contributed by atoms with Gasteiger partial charge < -0.3 is 10.8 Å². The molecule has 0 aliphatic heterocycles. The molecule has 0 aliphatic carbocycles. The van der Waals surface area contributed by atoms with Gasteiger partial charge in [-0.15, -0.1) is 0 Å². The van der Waals surface area contributed by atoms with E-state index in [2.05, 4.69) is 30.4 Å². The van der Waals surface area contributed by atoms with Crippen molar-refractivity contribution in [2.75, 3.05) is 0 Å². The number of hydrogen-bond donors (Lipinski definition) is 2. The van der Waals surface area contributed by atoms with E-state index in [1.807, 2.05) is 35.8 Å². The van der Waals surface area contributed by atoms with Gasteiger partial charge in [0.15, 0.2) is 5.82 Å². The monoisotopic (exact) mass is 431 g/mol.